The highest BCUT2D eigenvalue weighted by Crippen LogP contribution is 2.52. The lowest BCUT2D eigenvalue weighted by Crippen LogP contribution is -2.50. The normalized spacial score (nSPS) is 20.0. The molecule has 156 valence electrons. The Bertz CT molecular complexity index is 699. The highest BCUT2D eigenvalue weighted by Gasteiger charge is 2.46. The van der Waals surface area contributed by atoms with Gasteiger partial charge < -0.3 is 14.4 Å². The Morgan fingerprint density at radius 3 is 2.46 bits per heavy atom. The summed E-state index contributed by atoms with van der Waals surface area (Å²) in [5.74, 6) is 0.526. The predicted molar refractivity (Wildman–Crippen MR) is 96.9 cm³/mol. The fraction of sp³-hybridized carbons (Fsp3) is 0.700. The zero-order valence-corrected chi connectivity index (χ0v) is 16.5. The van der Waals surface area contributed by atoms with Gasteiger partial charge in [0.15, 0.2) is 0 Å². The molecule has 8 heteroatoms. The number of piperidine rings is 1. The van der Waals surface area contributed by atoms with Gasteiger partial charge in [0.2, 0.25) is 0 Å². The summed E-state index contributed by atoms with van der Waals surface area (Å²) in [6, 6.07) is 2.39. The van der Waals surface area contributed by atoms with Gasteiger partial charge in [-0.05, 0) is 63.9 Å². The molecule has 28 heavy (non-hydrogen) atoms. The number of carbonyl (C=O) groups excluding carboxylic acids is 1. The van der Waals surface area contributed by atoms with Crippen LogP contribution in [0.1, 0.15) is 52.1 Å². The summed E-state index contributed by atoms with van der Waals surface area (Å²) in [5.41, 5.74) is -1.21. The number of nitrogens with zero attached hydrogens (tertiary/aromatic N) is 2. The van der Waals surface area contributed by atoms with Crippen molar-refractivity contribution >= 4 is 6.09 Å². The van der Waals surface area contributed by atoms with Gasteiger partial charge in [-0.3, -0.25) is 4.98 Å². The lowest BCUT2D eigenvalue weighted by molar-refractivity contribution is -0.141. The molecule has 1 saturated heterocycles. The summed E-state index contributed by atoms with van der Waals surface area (Å²) >= 11 is 0. The summed E-state index contributed by atoms with van der Waals surface area (Å²) in [6.07, 6.45) is 0.194. The van der Waals surface area contributed by atoms with Crippen LogP contribution < -0.4 is 4.74 Å². The minimum atomic E-state index is -4.47. The molecule has 1 aliphatic heterocycles. The maximum atomic E-state index is 12.7. The van der Waals surface area contributed by atoms with E-state index in [2.05, 4.69) is 4.98 Å². The van der Waals surface area contributed by atoms with E-state index in [1.807, 2.05) is 20.8 Å². The van der Waals surface area contributed by atoms with Crippen LogP contribution in [-0.2, 0) is 10.9 Å². The smallest absolute Gasteiger partial charge is 0.433 e. The first-order chi connectivity index (χ1) is 13.0. The van der Waals surface area contributed by atoms with Crippen LogP contribution in [-0.4, -0.2) is 41.3 Å². The third kappa shape index (κ3) is 5.08. The molecule has 0 bridgehead atoms. The number of amides is 1. The zero-order valence-electron chi connectivity index (χ0n) is 16.5. The Kier molecular flexibility index (Phi) is 5.51. The minimum absolute atomic E-state index is 0.197. The standard InChI is InChI=1S/C20H27F3N2O3/c1-18(2,3)28-17(26)25-8-5-19(6-9-25)11-14(12-19)13-27-15-4-7-24-16(10-15)20(21,22)23/h4,7,10,14H,5-6,8-9,11-13H2,1-3H3. The number of aromatic nitrogens is 1. The second-order valence-electron chi connectivity index (χ2n) is 8.93. The molecule has 0 N–H and O–H groups in total. The number of likely N-dealkylation sites (tertiary alicyclic amines) is 1. The van der Waals surface area contributed by atoms with Gasteiger partial charge in [0.1, 0.15) is 17.0 Å². The second kappa shape index (κ2) is 7.44. The molecule has 3 rings (SSSR count). The Balaban J connectivity index is 1.43. The number of hydrogen-bond acceptors (Lipinski definition) is 4. The van der Waals surface area contributed by atoms with Crippen LogP contribution in [0.3, 0.4) is 0 Å². The van der Waals surface area contributed by atoms with Gasteiger partial charge in [0, 0.05) is 25.4 Å². The molecule has 0 unspecified atom stereocenters. The van der Waals surface area contributed by atoms with Gasteiger partial charge >= 0.3 is 12.3 Å². The molecule has 2 aliphatic rings. The van der Waals surface area contributed by atoms with Gasteiger partial charge in [-0.25, -0.2) is 4.79 Å². The molecule has 0 aromatic carbocycles. The number of ether oxygens (including phenoxy) is 2. The van der Waals surface area contributed by atoms with Crippen molar-refractivity contribution in [1.82, 2.24) is 9.88 Å². The summed E-state index contributed by atoms with van der Waals surface area (Å²) in [4.78, 5) is 17.2. The van der Waals surface area contributed by atoms with Crippen LogP contribution in [0.15, 0.2) is 18.3 Å². The number of hydrogen-bond donors (Lipinski definition) is 0. The highest BCUT2D eigenvalue weighted by molar-refractivity contribution is 5.68. The summed E-state index contributed by atoms with van der Waals surface area (Å²) in [5, 5.41) is 0. The molecule has 1 amide bonds. The molecule has 1 aromatic heterocycles. The zero-order chi connectivity index (χ0) is 20.6. The fourth-order valence-electron chi connectivity index (χ4n) is 4.05. The van der Waals surface area contributed by atoms with Crippen LogP contribution in [0.2, 0.25) is 0 Å². The van der Waals surface area contributed by atoms with Crippen molar-refractivity contribution in [2.45, 2.75) is 58.2 Å². The Labute approximate surface area is 163 Å². The Morgan fingerprint density at radius 1 is 1.25 bits per heavy atom. The van der Waals surface area contributed by atoms with Crippen molar-refractivity contribution < 1.29 is 27.4 Å². The van der Waals surface area contributed by atoms with Crippen LogP contribution in [0.25, 0.3) is 0 Å². The fourth-order valence-corrected chi connectivity index (χ4v) is 4.05. The van der Waals surface area contributed by atoms with E-state index in [-0.39, 0.29) is 17.3 Å². The number of rotatable bonds is 3. The third-order valence-corrected chi connectivity index (χ3v) is 5.43. The van der Waals surface area contributed by atoms with Crippen LogP contribution >= 0.6 is 0 Å². The van der Waals surface area contributed by atoms with Crippen LogP contribution in [0.5, 0.6) is 5.75 Å². The molecule has 2 heterocycles. The van der Waals surface area contributed by atoms with Crippen molar-refractivity contribution in [3.8, 4) is 5.75 Å². The lowest BCUT2D eigenvalue weighted by atomic mass is 9.58. The van der Waals surface area contributed by atoms with Crippen molar-refractivity contribution in [2.75, 3.05) is 19.7 Å². The van der Waals surface area contributed by atoms with E-state index >= 15 is 0 Å². The first-order valence-electron chi connectivity index (χ1n) is 9.60. The largest absolute Gasteiger partial charge is 0.493 e. The molecule has 1 saturated carbocycles. The minimum Gasteiger partial charge on any atom is -0.493 e. The SMILES string of the molecule is CC(C)(C)OC(=O)N1CCC2(CC1)CC(COc1ccnc(C(F)(F)F)c1)C2. The summed E-state index contributed by atoms with van der Waals surface area (Å²) in [7, 11) is 0. The molecular formula is C20H27F3N2O3. The Morgan fingerprint density at radius 2 is 1.89 bits per heavy atom. The highest BCUT2D eigenvalue weighted by atomic mass is 19.4. The van der Waals surface area contributed by atoms with Gasteiger partial charge in [-0.2, -0.15) is 13.2 Å². The summed E-state index contributed by atoms with van der Waals surface area (Å²) in [6.45, 7) is 7.33. The molecule has 2 fully saturated rings. The van der Waals surface area contributed by atoms with Gasteiger partial charge in [0.05, 0.1) is 6.61 Å². The van der Waals surface area contributed by atoms with E-state index in [1.165, 1.54) is 6.07 Å². The topological polar surface area (TPSA) is 51.7 Å². The van der Waals surface area contributed by atoms with E-state index in [0.717, 1.165) is 37.9 Å². The van der Waals surface area contributed by atoms with Crippen LogP contribution in [0.4, 0.5) is 18.0 Å². The van der Waals surface area contributed by atoms with Crippen LogP contribution in [0, 0.1) is 11.3 Å². The molecule has 0 atom stereocenters. The first kappa shape index (κ1) is 20.7. The average Bonchev–Trinajstić information content (AvgIpc) is 2.56. The van der Waals surface area contributed by atoms with Gasteiger partial charge in [0.25, 0.3) is 0 Å². The van der Waals surface area contributed by atoms with E-state index < -0.39 is 17.5 Å². The Hall–Kier alpha value is -1.99. The maximum Gasteiger partial charge on any atom is 0.433 e. The predicted octanol–water partition coefficient (Wildman–Crippen LogP) is 4.91. The van der Waals surface area contributed by atoms with Crippen molar-refractivity contribution in [2.24, 2.45) is 11.3 Å². The molecule has 1 aliphatic carbocycles. The molecule has 0 radical (unpaired) electrons. The average molecular weight is 400 g/mol. The number of pyridine rings is 1. The third-order valence-electron chi connectivity index (χ3n) is 5.43. The lowest BCUT2D eigenvalue weighted by Gasteiger charge is -2.52. The quantitative estimate of drug-likeness (QED) is 0.724. The van der Waals surface area contributed by atoms with Crippen molar-refractivity contribution in [3.63, 3.8) is 0 Å². The maximum absolute atomic E-state index is 12.7. The molecule has 1 aromatic rings. The van der Waals surface area contributed by atoms with E-state index in [0.29, 0.717) is 25.6 Å². The molecule has 1 spiro atoms. The molecule has 5 nitrogen and oxygen atoms in total. The summed E-state index contributed by atoms with van der Waals surface area (Å²) < 4.78 is 49.1. The van der Waals surface area contributed by atoms with E-state index in [9.17, 15) is 18.0 Å². The van der Waals surface area contributed by atoms with Gasteiger partial charge in [-0.1, -0.05) is 0 Å². The van der Waals surface area contributed by atoms with Crippen molar-refractivity contribution in [3.05, 3.63) is 24.0 Å². The van der Waals surface area contributed by atoms with Gasteiger partial charge in [-0.15, -0.1) is 0 Å². The monoisotopic (exact) mass is 400 g/mol. The van der Waals surface area contributed by atoms with E-state index in [4.69, 9.17) is 9.47 Å². The molecular weight excluding hydrogens is 373 g/mol. The first-order valence-corrected chi connectivity index (χ1v) is 9.60. The second-order valence-corrected chi connectivity index (χ2v) is 8.93. The number of alkyl halides is 3. The number of carbonyl (C=O) groups is 1. The number of halogens is 3. The van der Waals surface area contributed by atoms with Crippen molar-refractivity contribution in [1.29, 1.82) is 0 Å². The van der Waals surface area contributed by atoms with E-state index in [1.54, 1.807) is 4.90 Å².